The average Bonchev–Trinajstić information content (AvgIpc) is 2.69. The second-order valence-corrected chi connectivity index (χ2v) is 5.42. The van der Waals surface area contributed by atoms with Crippen LogP contribution in [-0.2, 0) is 6.61 Å². The molecule has 0 saturated carbocycles. The summed E-state index contributed by atoms with van der Waals surface area (Å²) in [6, 6.07) is 16.6. The van der Waals surface area contributed by atoms with E-state index in [1.807, 2.05) is 12.1 Å². The average molecular weight is 349 g/mol. The number of pyridine rings is 1. The van der Waals surface area contributed by atoms with Crippen LogP contribution in [0.4, 0.5) is 4.39 Å². The van der Waals surface area contributed by atoms with Crippen LogP contribution in [0.15, 0.2) is 78.2 Å². The summed E-state index contributed by atoms with van der Waals surface area (Å²) in [5, 5.41) is 3.93. The van der Waals surface area contributed by atoms with Gasteiger partial charge in [0.25, 0.3) is 5.91 Å². The van der Waals surface area contributed by atoms with Crippen LogP contribution in [0.1, 0.15) is 21.5 Å². The number of halogens is 1. The van der Waals surface area contributed by atoms with Gasteiger partial charge in [-0.2, -0.15) is 5.10 Å². The SMILES string of the molecule is O=C(N/N=C\c1ccc(OCc2ccc(F)cc2)cc1)c1ccncc1. The Kier molecular flexibility index (Phi) is 5.67. The van der Waals surface area contributed by atoms with Crippen LogP contribution in [0, 0.1) is 5.82 Å². The smallest absolute Gasteiger partial charge is 0.271 e. The molecule has 0 fully saturated rings. The summed E-state index contributed by atoms with van der Waals surface area (Å²) in [7, 11) is 0. The molecule has 0 bridgehead atoms. The summed E-state index contributed by atoms with van der Waals surface area (Å²) in [6.07, 6.45) is 4.63. The second kappa shape index (κ2) is 8.53. The van der Waals surface area contributed by atoms with Gasteiger partial charge in [0.15, 0.2) is 0 Å². The molecule has 0 atom stereocenters. The zero-order valence-electron chi connectivity index (χ0n) is 13.8. The standard InChI is InChI=1S/C20H16FN3O2/c21-18-5-1-16(2-6-18)14-26-19-7-3-15(4-8-19)13-23-24-20(25)17-9-11-22-12-10-17/h1-13H,14H2,(H,24,25)/b23-13-. The Balaban J connectivity index is 1.51. The number of hydrogen-bond acceptors (Lipinski definition) is 4. The Hall–Kier alpha value is -3.54. The molecular formula is C20H16FN3O2. The van der Waals surface area contributed by atoms with Crippen LogP contribution in [0.5, 0.6) is 5.75 Å². The van der Waals surface area contributed by atoms with Gasteiger partial charge in [-0.05, 0) is 59.7 Å². The van der Waals surface area contributed by atoms with Crippen LogP contribution in [0.2, 0.25) is 0 Å². The largest absolute Gasteiger partial charge is 0.489 e. The Labute approximate surface area is 150 Å². The predicted octanol–water partition coefficient (Wildman–Crippen LogP) is 3.56. The molecule has 3 rings (SSSR count). The summed E-state index contributed by atoms with van der Waals surface area (Å²) < 4.78 is 18.5. The molecule has 0 aliphatic rings. The molecule has 0 aliphatic heterocycles. The first-order valence-corrected chi connectivity index (χ1v) is 7.91. The van der Waals surface area contributed by atoms with Crippen LogP contribution in [-0.4, -0.2) is 17.1 Å². The molecule has 26 heavy (non-hydrogen) atoms. The number of hydrazone groups is 1. The summed E-state index contributed by atoms with van der Waals surface area (Å²) in [5.41, 5.74) is 4.64. The van der Waals surface area contributed by atoms with Crippen molar-refractivity contribution in [2.75, 3.05) is 0 Å². The van der Waals surface area contributed by atoms with Gasteiger partial charge < -0.3 is 4.74 Å². The third-order valence-corrected chi connectivity index (χ3v) is 3.52. The van der Waals surface area contributed by atoms with E-state index in [1.54, 1.807) is 55.0 Å². The van der Waals surface area contributed by atoms with Crippen LogP contribution >= 0.6 is 0 Å². The van der Waals surface area contributed by atoms with E-state index in [1.165, 1.54) is 12.1 Å². The number of aromatic nitrogens is 1. The van der Waals surface area contributed by atoms with Crippen molar-refractivity contribution < 1.29 is 13.9 Å². The third-order valence-electron chi connectivity index (χ3n) is 3.52. The van der Waals surface area contributed by atoms with Gasteiger partial charge in [-0.15, -0.1) is 0 Å². The zero-order valence-corrected chi connectivity index (χ0v) is 13.8. The second-order valence-electron chi connectivity index (χ2n) is 5.42. The molecular weight excluding hydrogens is 333 g/mol. The Morgan fingerprint density at radius 1 is 1.04 bits per heavy atom. The van der Waals surface area contributed by atoms with Crippen molar-refractivity contribution in [3.8, 4) is 5.75 Å². The molecule has 0 saturated heterocycles. The highest BCUT2D eigenvalue weighted by molar-refractivity contribution is 5.94. The van der Waals surface area contributed by atoms with Gasteiger partial charge >= 0.3 is 0 Å². The van der Waals surface area contributed by atoms with E-state index >= 15 is 0 Å². The van der Waals surface area contributed by atoms with Crippen molar-refractivity contribution in [3.63, 3.8) is 0 Å². The van der Waals surface area contributed by atoms with Gasteiger partial charge in [-0.3, -0.25) is 9.78 Å². The Bertz CT molecular complexity index is 879. The predicted molar refractivity (Wildman–Crippen MR) is 96.5 cm³/mol. The highest BCUT2D eigenvalue weighted by Crippen LogP contribution is 2.14. The van der Waals surface area contributed by atoms with E-state index in [-0.39, 0.29) is 11.7 Å². The molecule has 1 amide bonds. The number of benzene rings is 2. The fourth-order valence-corrected chi connectivity index (χ4v) is 2.13. The summed E-state index contributed by atoms with van der Waals surface area (Å²) in [4.78, 5) is 15.7. The fraction of sp³-hybridized carbons (Fsp3) is 0.0500. The number of rotatable bonds is 6. The van der Waals surface area contributed by atoms with Gasteiger partial charge in [0.05, 0.1) is 6.21 Å². The highest BCUT2D eigenvalue weighted by Gasteiger charge is 2.02. The number of amides is 1. The van der Waals surface area contributed by atoms with Crippen LogP contribution in [0.3, 0.4) is 0 Å². The number of carbonyl (C=O) groups excluding carboxylic acids is 1. The summed E-state index contributed by atoms with van der Waals surface area (Å²) in [5.74, 6) is 0.114. The van der Waals surface area contributed by atoms with Crippen molar-refractivity contribution in [2.45, 2.75) is 6.61 Å². The summed E-state index contributed by atoms with van der Waals surface area (Å²) in [6.45, 7) is 0.357. The van der Waals surface area contributed by atoms with Crippen molar-refractivity contribution in [1.82, 2.24) is 10.4 Å². The number of ether oxygens (including phenoxy) is 1. The lowest BCUT2D eigenvalue weighted by atomic mass is 10.2. The van der Waals surface area contributed by atoms with Crippen molar-refractivity contribution in [2.24, 2.45) is 5.10 Å². The van der Waals surface area contributed by atoms with Gasteiger partial charge in [-0.25, -0.2) is 9.82 Å². The topological polar surface area (TPSA) is 63.6 Å². The zero-order chi connectivity index (χ0) is 18.2. The molecule has 0 spiro atoms. The minimum atomic E-state index is -0.303. The number of nitrogens with zero attached hydrogens (tertiary/aromatic N) is 2. The molecule has 130 valence electrons. The van der Waals surface area contributed by atoms with E-state index in [0.29, 0.717) is 17.9 Å². The van der Waals surface area contributed by atoms with Crippen LogP contribution in [0.25, 0.3) is 0 Å². The lowest BCUT2D eigenvalue weighted by molar-refractivity contribution is 0.0955. The fourth-order valence-electron chi connectivity index (χ4n) is 2.13. The molecule has 5 nitrogen and oxygen atoms in total. The normalized spacial score (nSPS) is 10.7. The van der Waals surface area contributed by atoms with E-state index in [4.69, 9.17) is 4.74 Å². The molecule has 1 heterocycles. The van der Waals surface area contributed by atoms with E-state index in [0.717, 1.165) is 11.1 Å². The first kappa shape index (κ1) is 17.3. The maximum absolute atomic E-state index is 12.9. The maximum Gasteiger partial charge on any atom is 0.271 e. The quantitative estimate of drug-likeness (QED) is 0.547. The van der Waals surface area contributed by atoms with E-state index in [9.17, 15) is 9.18 Å². The van der Waals surface area contributed by atoms with Gasteiger partial charge in [0.2, 0.25) is 0 Å². The third kappa shape index (κ3) is 4.98. The number of hydrogen-bond donors (Lipinski definition) is 1. The van der Waals surface area contributed by atoms with E-state index in [2.05, 4.69) is 15.5 Å². The Morgan fingerprint density at radius 3 is 2.42 bits per heavy atom. The monoisotopic (exact) mass is 349 g/mol. The first-order valence-electron chi connectivity index (χ1n) is 7.91. The molecule has 0 radical (unpaired) electrons. The number of carbonyl (C=O) groups is 1. The molecule has 6 heteroatoms. The molecule has 1 aromatic heterocycles. The first-order chi connectivity index (χ1) is 12.7. The van der Waals surface area contributed by atoms with Gasteiger partial charge in [0.1, 0.15) is 18.2 Å². The maximum atomic E-state index is 12.9. The molecule has 1 N–H and O–H groups in total. The lowest BCUT2D eigenvalue weighted by Crippen LogP contribution is -2.17. The van der Waals surface area contributed by atoms with E-state index < -0.39 is 0 Å². The Morgan fingerprint density at radius 2 is 1.73 bits per heavy atom. The van der Waals surface area contributed by atoms with Gasteiger partial charge in [0, 0.05) is 18.0 Å². The molecule has 2 aromatic carbocycles. The minimum absolute atomic E-state index is 0.270. The highest BCUT2D eigenvalue weighted by atomic mass is 19.1. The molecule has 3 aromatic rings. The lowest BCUT2D eigenvalue weighted by Gasteiger charge is -2.06. The number of nitrogens with one attached hydrogen (secondary N) is 1. The van der Waals surface area contributed by atoms with Gasteiger partial charge in [-0.1, -0.05) is 12.1 Å². The summed E-state index contributed by atoms with van der Waals surface area (Å²) >= 11 is 0. The van der Waals surface area contributed by atoms with Crippen molar-refractivity contribution in [3.05, 3.63) is 95.6 Å². The van der Waals surface area contributed by atoms with Crippen molar-refractivity contribution in [1.29, 1.82) is 0 Å². The van der Waals surface area contributed by atoms with Crippen molar-refractivity contribution >= 4 is 12.1 Å². The molecule has 0 aliphatic carbocycles. The molecule has 0 unspecified atom stereocenters. The van der Waals surface area contributed by atoms with Crippen LogP contribution < -0.4 is 10.2 Å². The minimum Gasteiger partial charge on any atom is -0.489 e.